The molecule has 1 unspecified atom stereocenters. The quantitative estimate of drug-likeness (QED) is 0.890. The number of benzene rings is 1. The molecule has 0 amide bonds. The first kappa shape index (κ1) is 13.7. The van der Waals surface area contributed by atoms with Gasteiger partial charge in [0.25, 0.3) is 0 Å². The van der Waals surface area contributed by atoms with Gasteiger partial charge in [-0.25, -0.2) is 0 Å². The summed E-state index contributed by atoms with van der Waals surface area (Å²) in [5.41, 5.74) is 2.29. The highest BCUT2D eigenvalue weighted by Gasteiger charge is 2.20. The molecule has 0 spiro atoms. The molecule has 19 heavy (non-hydrogen) atoms. The molecule has 0 bridgehead atoms. The summed E-state index contributed by atoms with van der Waals surface area (Å²) in [6, 6.07) is 10.3. The van der Waals surface area contributed by atoms with Crippen LogP contribution >= 0.6 is 0 Å². The van der Waals surface area contributed by atoms with Crippen molar-refractivity contribution in [2.75, 3.05) is 13.7 Å². The molecular weight excluding hydrogens is 238 g/mol. The Morgan fingerprint density at radius 1 is 1.21 bits per heavy atom. The van der Waals surface area contributed by atoms with Crippen LogP contribution in [0.25, 0.3) is 0 Å². The lowest BCUT2D eigenvalue weighted by molar-refractivity contribution is 0.334. The molecule has 3 heteroatoms. The normalized spacial score (nSPS) is 12.4. The predicted molar refractivity (Wildman–Crippen MR) is 76.7 cm³/mol. The third-order valence-electron chi connectivity index (χ3n) is 3.21. The Labute approximate surface area is 114 Å². The van der Waals surface area contributed by atoms with E-state index in [0.29, 0.717) is 6.61 Å². The highest BCUT2D eigenvalue weighted by atomic mass is 16.5. The molecular formula is C16H21NO2. The van der Waals surface area contributed by atoms with Crippen LogP contribution in [0.1, 0.15) is 35.6 Å². The van der Waals surface area contributed by atoms with Crippen LogP contribution in [-0.2, 0) is 0 Å². The molecule has 1 aromatic heterocycles. The summed E-state index contributed by atoms with van der Waals surface area (Å²) in [6.45, 7) is 6.63. The van der Waals surface area contributed by atoms with Crippen molar-refractivity contribution in [2.24, 2.45) is 0 Å². The van der Waals surface area contributed by atoms with Crippen LogP contribution in [0.3, 0.4) is 0 Å². The first-order chi connectivity index (χ1) is 9.17. The van der Waals surface area contributed by atoms with Gasteiger partial charge in [-0.05, 0) is 40.0 Å². The molecule has 0 fully saturated rings. The molecule has 102 valence electrons. The maximum absolute atomic E-state index is 5.72. The van der Waals surface area contributed by atoms with Crippen LogP contribution in [0.4, 0.5) is 0 Å². The lowest BCUT2D eigenvalue weighted by atomic mass is 9.98. The lowest BCUT2D eigenvalue weighted by Crippen LogP contribution is -2.19. The smallest absolute Gasteiger partial charge is 0.124 e. The number of nitrogens with one attached hydrogen (secondary N) is 1. The SMILES string of the molecule is CCOc1ccccc1C(NC)c1cc(C)oc1C. The van der Waals surface area contributed by atoms with Gasteiger partial charge in [-0.2, -0.15) is 0 Å². The first-order valence-electron chi connectivity index (χ1n) is 6.63. The standard InChI is InChI=1S/C16H21NO2/c1-5-18-15-9-7-6-8-13(15)16(17-4)14-10-11(2)19-12(14)3/h6-10,16-17H,5H2,1-4H3. The van der Waals surface area contributed by atoms with E-state index >= 15 is 0 Å². The Morgan fingerprint density at radius 3 is 2.53 bits per heavy atom. The highest BCUT2D eigenvalue weighted by molar-refractivity contribution is 5.42. The zero-order chi connectivity index (χ0) is 13.8. The fourth-order valence-electron chi connectivity index (χ4n) is 2.42. The van der Waals surface area contributed by atoms with E-state index in [9.17, 15) is 0 Å². The van der Waals surface area contributed by atoms with Crippen molar-refractivity contribution in [1.29, 1.82) is 0 Å². The van der Waals surface area contributed by atoms with E-state index in [1.54, 1.807) is 0 Å². The van der Waals surface area contributed by atoms with Gasteiger partial charge in [0.05, 0.1) is 12.6 Å². The fourth-order valence-corrected chi connectivity index (χ4v) is 2.42. The predicted octanol–water partition coefficient (Wildman–Crippen LogP) is 3.60. The molecule has 0 aliphatic rings. The minimum atomic E-state index is 0.0835. The molecule has 1 heterocycles. The maximum Gasteiger partial charge on any atom is 0.124 e. The van der Waals surface area contributed by atoms with Gasteiger partial charge in [-0.15, -0.1) is 0 Å². The number of rotatable bonds is 5. The van der Waals surface area contributed by atoms with E-state index in [1.807, 2.05) is 46.0 Å². The molecule has 0 aliphatic carbocycles. The first-order valence-corrected chi connectivity index (χ1v) is 6.63. The number of para-hydroxylation sites is 1. The van der Waals surface area contributed by atoms with Gasteiger partial charge in [-0.1, -0.05) is 18.2 Å². The van der Waals surface area contributed by atoms with Crippen molar-refractivity contribution in [1.82, 2.24) is 5.32 Å². The molecule has 0 aliphatic heterocycles. The Bertz CT molecular complexity index is 545. The van der Waals surface area contributed by atoms with E-state index in [-0.39, 0.29) is 6.04 Å². The van der Waals surface area contributed by atoms with Crippen LogP contribution in [-0.4, -0.2) is 13.7 Å². The number of hydrogen-bond acceptors (Lipinski definition) is 3. The summed E-state index contributed by atoms with van der Waals surface area (Å²) in [4.78, 5) is 0. The molecule has 1 aromatic carbocycles. The zero-order valence-electron chi connectivity index (χ0n) is 12.0. The Kier molecular flexibility index (Phi) is 4.27. The summed E-state index contributed by atoms with van der Waals surface area (Å²) >= 11 is 0. The van der Waals surface area contributed by atoms with Gasteiger partial charge < -0.3 is 14.5 Å². The zero-order valence-corrected chi connectivity index (χ0v) is 12.0. The third-order valence-corrected chi connectivity index (χ3v) is 3.21. The number of furan rings is 1. The van der Waals surface area contributed by atoms with Crippen molar-refractivity contribution in [3.8, 4) is 5.75 Å². The van der Waals surface area contributed by atoms with Crippen molar-refractivity contribution in [3.63, 3.8) is 0 Å². The van der Waals surface area contributed by atoms with Gasteiger partial charge in [0, 0.05) is 11.1 Å². The minimum absolute atomic E-state index is 0.0835. The van der Waals surface area contributed by atoms with Crippen LogP contribution in [0.2, 0.25) is 0 Å². The van der Waals surface area contributed by atoms with Gasteiger partial charge >= 0.3 is 0 Å². The summed E-state index contributed by atoms with van der Waals surface area (Å²) in [7, 11) is 1.95. The van der Waals surface area contributed by atoms with E-state index in [1.165, 1.54) is 0 Å². The molecule has 2 aromatic rings. The second-order valence-electron chi connectivity index (χ2n) is 4.56. The van der Waals surface area contributed by atoms with Gasteiger partial charge in [0.1, 0.15) is 17.3 Å². The summed E-state index contributed by atoms with van der Waals surface area (Å²) in [5.74, 6) is 2.80. The molecule has 0 saturated heterocycles. The summed E-state index contributed by atoms with van der Waals surface area (Å²) in [5, 5.41) is 3.35. The van der Waals surface area contributed by atoms with E-state index in [4.69, 9.17) is 9.15 Å². The van der Waals surface area contributed by atoms with E-state index in [0.717, 1.165) is 28.4 Å². The van der Waals surface area contributed by atoms with Crippen molar-refractivity contribution in [3.05, 3.63) is 53.0 Å². The third kappa shape index (κ3) is 2.82. The van der Waals surface area contributed by atoms with Gasteiger partial charge in [-0.3, -0.25) is 0 Å². The fraction of sp³-hybridized carbons (Fsp3) is 0.375. The van der Waals surface area contributed by atoms with Crippen molar-refractivity contribution < 1.29 is 9.15 Å². The van der Waals surface area contributed by atoms with Crippen LogP contribution in [0, 0.1) is 13.8 Å². The Balaban J connectivity index is 2.45. The number of hydrogen-bond donors (Lipinski definition) is 1. The molecule has 2 rings (SSSR count). The highest BCUT2D eigenvalue weighted by Crippen LogP contribution is 2.32. The van der Waals surface area contributed by atoms with Crippen LogP contribution in [0.15, 0.2) is 34.7 Å². The lowest BCUT2D eigenvalue weighted by Gasteiger charge is -2.19. The van der Waals surface area contributed by atoms with E-state index < -0.39 is 0 Å². The van der Waals surface area contributed by atoms with Gasteiger partial charge in [0.15, 0.2) is 0 Å². The molecule has 0 radical (unpaired) electrons. The van der Waals surface area contributed by atoms with Crippen LogP contribution < -0.4 is 10.1 Å². The maximum atomic E-state index is 5.72. The summed E-state index contributed by atoms with van der Waals surface area (Å²) in [6.07, 6.45) is 0. The van der Waals surface area contributed by atoms with Crippen molar-refractivity contribution >= 4 is 0 Å². The molecule has 0 saturated carbocycles. The van der Waals surface area contributed by atoms with Crippen molar-refractivity contribution in [2.45, 2.75) is 26.8 Å². The molecule has 3 nitrogen and oxygen atoms in total. The molecule has 1 atom stereocenters. The minimum Gasteiger partial charge on any atom is -0.494 e. The van der Waals surface area contributed by atoms with E-state index in [2.05, 4.69) is 17.4 Å². The number of aryl methyl sites for hydroxylation is 2. The number of ether oxygens (including phenoxy) is 1. The van der Waals surface area contributed by atoms with Gasteiger partial charge in [0.2, 0.25) is 0 Å². The monoisotopic (exact) mass is 259 g/mol. The Morgan fingerprint density at radius 2 is 1.95 bits per heavy atom. The Hall–Kier alpha value is -1.74. The van der Waals surface area contributed by atoms with Crippen LogP contribution in [0.5, 0.6) is 5.75 Å². The average Bonchev–Trinajstić information content (AvgIpc) is 2.72. The second kappa shape index (κ2) is 5.93. The topological polar surface area (TPSA) is 34.4 Å². The summed E-state index contributed by atoms with van der Waals surface area (Å²) < 4.78 is 11.4. The second-order valence-corrected chi connectivity index (χ2v) is 4.56. The average molecular weight is 259 g/mol. The largest absolute Gasteiger partial charge is 0.494 e. The molecule has 1 N–H and O–H groups in total.